The van der Waals surface area contributed by atoms with Crippen LogP contribution in [-0.2, 0) is 18.4 Å². The average molecular weight is 515 g/mol. The predicted molar refractivity (Wildman–Crippen MR) is 143 cm³/mol. The maximum atomic E-state index is 12.3. The Morgan fingerprint density at radius 3 is 2.29 bits per heavy atom. The van der Waals surface area contributed by atoms with Crippen LogP contribution >= 0.6 is 0 Å². The molecule has 9 heteroatoms. The fourth-order valence-electron chi connectivity index (χ4n) is 5.64. The third-order valence-electron chi connectivity index (χ3n) is 6.50. The number of rotatable bonds is 15. The summed E-state index contributed by atoms with van der Waals surface area (Å²) >= 11 is 0. The van der Waals surface area contributed by atoms with E-state index >= 15 is 0 Å². The van der Waals surface area contributed by atoms with Gasteiger partial charge in [-0.15, -0.1) is 0 Å². The van der Waals surface area contributed by atoms with Crippen molar-refractivity contribution in [1.29, 1.82) is 0 Å². The molecule has 2 atom stereocenters. The van der Waals surface area contributed by atoms with Gasteiger partial charge in [0.05, 0.1) is 13.2 Å². The summed E-state index contributed by atoms with van der Waals surface area (Å²) < 4.78 is 17.7. The number of carbonyl (C=O) groups is 1. The van der Waals surface area contributed by atoms with Crippen LogP contribution in [-0.4, -0.2) is 61.2 Å². The topological polar surface area (TPSA) is 86.2 Å². The Hall–Kier alpha value is -0.996. The molecular formula is C25H50N2O5Si2. The van der Waals surface area contributed by atoms with Crippen molar-refractivity contribution in [2.75, 3.05) is 26.4 Å². The van der Waals surface area contributed by atoms with Crippen molar-refractivity contribution >= 4 is 28.8 Å². The summed E-state index contributed by atoms with van der Waals surface area (Å²) in [6, 6.07) is 2.32. The summed E-state index contributed by atoms with van der Waals surface area (Å²) in [6.07, 6.45) is 7.29. The smallest absolute Gasteiger partial charge is 0.407 e. The van der Waals surface area contributed by atoms with E-state index < -0.39 is 22.7 Å². The second-order valence-electron chi connectivity index (χ2n) is 12.4. The van der Waals surface area contributed by atoms with Gasteiger partial charge >= 0.3 is 6.09 Å². The molecular weight excluding hydrogens is 464 g/mol. The highest BCUT2D eigenvalue weighted by atomic mass is 28.4. The van der Waals surface area contributed by atoms with E-state index in [1.54, 1.807) is 6.08 Å². The monoisotopic (exact) mass is 514 g/mol. The molecule has 1 aliphatic rings. The highest BCUT2D eigenvalue weighted by Crippen LogP contribution is 2.46. The van der Waals surface area contributed by atoms with Crippen LogP contribution in [0.25, 0.3) is 0 Å². The normalized spacial score (nSPS) is 22.6. The molecule has 0 aliphatic heterocycles. The molecule has 0 bridgehead atoms. The molecule has 0 aromatic rings. The van der Waals surface area contributed by atoms with Gasteiger partial charge in [-0.2, -0.15) is 0 Å². The van der Waals surface area contributed by atoms with Gasteiger partial charge in [0.1, 0.15) is 6.61 Å². The number of isocyanates is 1. The van der Waals surface area contributed by atoms with E-state index in [4.69, 9.17) is 13.6 Å². The number of nitrogens with zero attached hydrogens (tertiary/aromatic N) is 1. The van der Waals surface area contributed by atoms with Crippen LogP contribution in [0, 0.1) is 10.8 Å². The van der Waals surface area contributed by atoms with Crippen LogP contribution in [0.1, 0.15) is 66.2 Å². The van der Waals surface area contributed by atoms with Gasteiger partial charge < -0.3 is 18.9 Å². The van der Waals surface area contributed by atoms with Gasteiger partial charge in [-0.3, -0.25) is 0 Å². The summed E-state index contributed by atoms with van der Waals surface area (Å²) in [7, 11) is -3.24. The maximum absolute atomic E-state index is 12.3. The molecule has 0 radical (unpaired) electrons. The molecule has 2 unspecified atom stereocenters. The first-order chi connectivity index (χ1) is 15.7. The summed E-state index contributed by atoms with van der Waals surface area (Å²) in [5.74, 6) is 0. The van der Waals surface area contributed by atoms with Crippen molar-refractivity contribution in [3.63, 3.8) is 0 Å². The lowest BCUT2D eigenvalue weighted by molar-refractivity contribution is 0.0560. The van der Waals surface area contributed by atoms with E-state index in [0.717, 1.165) is 31.7 Å². The molecule has 0 aromatic carbocycles. The molecule has 1 saturated carbocycles. The molecule has 1 aliphatic carbocycles. The van der Waals surface area contributed by atoms with Crippen LogP contribution in [0.3, 0.4) is 0 Å². The number of unbranched alkanes of at least 4 members (excludes halogenated alkanes) is 1. The molecule has 0 heterocycles. The first-order valence-electron chi connectivity index (χ1n) is 13.0. The van der Waals surface area contributed by atoms with E-state index in [1.165, 1.54) is 18.9 Å². The molecule has 34 heavy (non-hydrogen) atoms. The van der Waals surface area contributed by atoms with Gasteiger partial charge in [-0.05, 0) is 74.8 Å². The number of aliphatic imine (C=N–C) groups is 1. The van der Waals surface area contributed by atoms with Gasteiger partial charge in [0.25, 0.3) is 0 Å². The molecule has 0 spiro atoms. The average Bonchev–Trinajstić information content (AvgIpc) is 2.67. The van der Waals surface area contributed by atoms with E-state index in [2.05, 4.69) is 64.2 Å². The van der Waals surface area contributed by atoms with Gasteiger partial charge in [0.15, 0.2) is 16.6 Å². The summed E-state index contributed by atoms with van der Waals surface area (Å²) in [4.78, 5) is 26.7. The van der Waals surface area contributed by atoms with Gasteiger partial charge in [-0.1, -0.05) is 40.5 Å². The summed E-state index contributed by atoms with van der Waals surface area (Å²) in [5, 5.41) is 3.00. The standard InChI is InChI=1S/C25H50N2O5Si2/c1-9-10-15-33(5,6)32-34(7,8)16-11-12-30-13-14-31-23(29)27-22-17-24(2,3)19-25(4,18-22)20-26-21-28/h22H,9-20H2,1-8H3,(H,27,29). The van der Waals surface area contributed by atoms with Crippen molar-refractivity contribution in [1.82, 2.24) is 5.32 Å². The second-order valence-corrected chi connectivity index (χ2v) is 21.2. The van der Waals surface area contributed by atoms with Crippen molar-refractivity contribution in [3.05, 3.63) is 0 Å². The fraction of sp³-hybridized carbons (Fsp3) is 0.920. The Morgan fingerprint density at radius 1 is 1.03 bits per heavy atom. The third kappa shape index (κ3) is 13.2. The molecule has 0 saturated heterocycles. The second kappa shape index (κ2) is 13.9. The molecule has 1 N–H and O–H groups in total. The van der Waals surface area contributed by atoms with E-state index in [0.29, 0.717) is 19.8 Å². The number of amides is 1. The molecule has 1 fully saturated rings. The van der Waals surface area contributed by atoms with E-state index in [-0.39, 0.29) is 23.5 Å². The molecule has 7 nitrogen and oxygen atoms in total. The molecule has 1 amide bonds. The Balaban J connectivity index is 2.27. The lowest BCUT2D eigenvalue weighted by atomic mass is 9.62. The van der Waals surface area contributed by atoms with Crippen molar-refractivity contribution < 1.29 is 23.2 Å². The van der Waals surface area contributed by atoms with Crippen LogP contribution < -0.4 is 5.32 Å². The zero-order valence-corrected chi connectivity index (χ0v) is 25.1. The number of alkyl carbamates (subject to hydrolysis) is 1. The first kappa shape index (κ1) is 31.0. The predicted octanol–water partition coefficient (Wildman–Crippen LogP) is 6.27. The molecule has 198 valence electrons. The van der Waals surface area contributed by atoms with Crippen LogP contribution in [0.15, 0.2) is 4.99 Å². The van der Waals surface area contributed by atoms with Gasteiger partial charge in [0.2, 0.25) is 6.08 Å². The maximum Gasteiger partial charge on any atom is 0.407 e. The fourth-order valence-corrected chi connectivity index (χ4v) is 14.6. The Bertz CT molecular complexity index is 680. The van der Waals surface area contributed by atoms with Crippen molar-refractivity contribution in [2.24, 2.45) is 15.8 Å². The number of carbonyl (C=O) groups excluding carboxylic acids is 2. The van der Waals surface area contributed by atoms with Crippen LogP contribution in [0.4, 0.5) is 4.79 Å². The minimum Gasteiger partial charge on any atom is -0.455 e. The van der Waals surface area contributed by atoms with E-state index in [1.807, 2.05) is 0 Å². The summed E-state index contributed by atoms with van der Waals surface area (Å²) in [6.45, 7) is 19.8. The quantitative estimate of drug-likeness (QED) is 0.120. The first-order valence-corrected chi connectivity index (χ1v) is 19.2. The zero-order valence-electron chi connectivity index (χ0n) is 23.1. The highest BCUT2D eigenvalue weighted by molar-refractivity contribution is 6.84. The highest BCUT2D eigenvalue weighted by Gasteiger charge is 2.41. The molecule has 1 rings (SSSR count). The van der Waals surface area contributed by atoms with Crippen molar-refractivity contribution in [2.45, 2.75) is 111 Å². The van der Waals surface area contributed by atoms with E-state index in [9.17, 15) is 9.59 Å². The Morgan fingerprint density at radius 2 is 1.68 bits per heavy atom. The number of hydrogen-bond donors (Lipinski definition) is 1. The van der Waals surface area contributed by atoms with Gasteiger partial charge in [-0.25, -0.2) is 14.6 Å². The van der Waals surface area contributed by atoms with Crippen LogP contribution in [0.2, 0.25) is 38.3 Å². The largest absolute Gasteiger partial charge is 0.455 e. The minimum atomic E-state index is -1.67. The lowest BCUT2D eigenvalue weighted by Crippen LogP contribution is -2.48. The number of nitrogens with one attached hydrogen (secondary N) is 1. The number of hydrogen-bond acceptors (Lipinski definition) is 6. The summed E-state index contributed by atoms with van der Waals surface area (Å²) in [5.41, 5.74) is -0.0737. The Labute approximate surface area is 210 Å². The Kier molecular flexibility index (Phi) is 12.7. The van der Waals surface area contributed by atoms with Gasteiger partial charge in [0, 0.05) is 12.6 Å². The molecule has 0 aromatic heterocycles. The minimum absolute atomic E-state index is 0.00124. The lowest BCUT2D eigenvalue weighted by Gasteiger charge is -2.45. The zero-order chi connectivity index (χ0) is 25.9. The number of ether oxygens (including phenoxy) is 2. The SMILES string of the molecule is CCCC[Si](C)(C)O[Si](C)(C)CCCOCCOC(=O)NC1CC(C)(C)CC(C)(CN=C=O)C1. The third-order valence-corrected chi connectivity index (χ3v) is 14.0. The van der Waals surface area contributed by atoms with Crippen LogP contribution in [0.5, 0.6) is 0 Å². The van der Waals surface area contributed by atoms with Crippen molar-refractivity contribution in [3.8, 4) is 0 Å².